The maximum absolute atomic E-state index is 12.8. The number of nitrogens with zero attached hydrogens (tertiary/aromatic N) is 1. The van der Waals surface area contributed by atoms with Crippen LogP contribution in [0.3, 0.4) is 0 Å². The third-order valence-electron chi connectivity index (χ3n) is 5.65. The number of nitrogens with one attached hydrogen (secondary N) is 3. The molecule has 8 nitrogen and oxygen atoms in total. The topological polar surface area (TPSA) is 146 Å². The first-order valence-electron chi connectivity index (χ1n) is 12.2. The van der Waals surface area contributed by atoms with Gasteiger partial charge in [-0.3, -0.25) is 14.6 Å². The van der Waals surface area contributed by atoms with Crippen molar-refractivity contribution in [1.29, 1.82) is 0 Å². The standard InChI is InChI=1S/C27H39N6O2.Rb/c1-19(2)8-6-16-31-26(35)24(11-7-17-32-27(29)30)33-25(34)23(28)18-20-12-14-22(15-13-20)21-9-4-3-5-10-21;/h3-5,9-10,12-15,19,23-24,28H,6-8,11,16-18H2,1-2H3,(H,31,35)(H,33,34)(H4,29,30,32);/q-1;+1/t23-,24-;/m1./s1. The Kier molecular flexibility index (Phi) is 16.0. The summed E-state index contributed by atoms with van der Waals surface area (Å²) in [6.07, 6.45) is 3.07. The molecule has 0 radical (unpaired) electrons. The Morgan fingerprint density at radius 2 is 1.56 bits per heavy atom. The van der Waals surface area contributed by atoms with Gasteiger partial charge in [-0.1, -0.05) is 74.5 Å². The number of amides is 2. The van der Waals surface area contributed by atoms with E-state index in [0.717, 1.165) is 29.5 Å². The molecule has 0 bridgehead atoms. The fourth-order valence-corrected chi connectivity index (χ4v) is 3.68. The molecule has 2 amide bonds. The van der Waals surface area contributed by atoms with Crippen molar-refractivity contribution in [3.05, 3.63) is 65.9 Å². The van der Waals surface area contributed by atoms with E-state index in [1.165, 1.54) is 0 Å². The van der Waals surface area contributed by atoms with Crippen LogP contribution in [-0.4, -0.2) is 42.9 Å². The monoisotopic (exact) mass is 564 g/mol. The van der Waals surface area contributed by atoms with Crippen LogP contribution in [0.1, 0.15) is 45.1 Å². The molecule has 0 aliphatic rings. The van der Waals surface area contributed by atoms with E-state index in [1.54, 1.807) is 0 Å². The zero-order valence-electron chi connectivity index (χ0n) is 21.8. The van der Waals surface area contributed by atoms with Gasteiger partial charge in [-0.15, -0.1) is 0 Å². The van der Waals surface area contributed by atoms with Crippen molar-refractivity contribution in [2.45, 2.75) is 58.0 Å². The zero-order chi connectivity index (χ0) is 25.6. The van der Waals surface area contributed by atoms with Crippen molar-refractivity contribution in [1.82, 2.24) is 10.6 Å². The van der Waals surface area contributed by atoms with Crippen LogP contribution < -0.4 is 80.3 Å². The molecule has 9 heteroatoms. The molecule has 0 aliphatic heterocycles. The summed E-state index contributed by atoms with van der Waals surface area (Å²) in [5.41, 5.74) is 22.2. The Labute approximate surface area is 264 Å². The molecule has 2 rings (SSSR count). The minimum atomic E-state index is -1.02. The molecule has 0 saturated carbocycles. The molecule has 2 atom stereocenters. The summed E-state index contributed by atoms with van der Waals surface area (Å²) < 4.78 is 0. The van der Waals surface area contributed by atoms with Crippen molar-refractivity contribution in [3.8, 4) is 11.1 Å². The third kappa shape index (κ3) is 12.6. The maximum atomic E-state index is 12.8. The van der Waals surface area contributed by atoms with E-state index in [1.807, 2.05) is 54.6 Å². The molecule has 0 heterocycles. The fourth-order valence-electron chi connectivity index (χ4n) is 3.68. The largest absolute Gasteiger partial charge is 1.00 e. The van der Waals surface area contributed by atoms with Crippen LogP contribution in [0.25, 0.3) is 16.9 Å². The summed E-state index contributed by atoms with van der Waals surface area (Å²) in [5, 5.41) is 5.67. The summed E-state index contributed by atoms with van der Waals surface area (Å²) in [7, 11) is 0. The van der Waals surface area contributed by atoms with Gasteiger partial charge in [0.2, 0.25) is 11.8 Å². The van der Waals surface area contributed by atoms with E-state index in [4.69, 9.17) is 17.2 Å². The van der Waals surface area contributed by atoms with Crippen molar-refractivity contribution in [3.63, 3.8) is 0 Å². The molecule has 0 spiro atoms. The van der Waals surface area contributed by atoms with Crippen molar-refractivity contribution < 1.29 is 67.8 Å². The second-order valence-electron chi connectivity index (χ2n) is 9.16. The van der Waals surface area contributed by atoms with E-state index >= 15 is 0 Å². The Hall–Kier alpha value is -1.58. The molecule has 0 fully saturated rings. The van der Waals surface area contributed by atoms with Gasteiger partial charge in [-0.2, -0.15) is 0 Å². The summed E-state index contributed by atoms with van der Waals surface area (Å²) in [5.74, 6) is -0.159. The Balaban J connectivity index is 0.00000648. The number of carbonyl (C=O) groups excluding carboxylic acids is 2. The smallest absolute Gasteiger partial charge is 0.667 e. The van der Waals surface area contributed by atoms with Crippen LogP contribution in [0.5, 0.6) is 0 Å². The molecule has 0 unspecified atom stereocenters. The number of hydrogen-bond acceptors (Lipinski definition) is 3. The number of benzene rings is 2. The predicted molar refractivity (Wildman–Crippen MR) is 143 cm³/mol. The molecular formula is C27H39N6O2Rb. The molecule has 190 valence electrons. The van der Waals surface area contributed by atoms with Gasteiger partial charge in [0, 0.05) is 13.1 Å². The van der Waals surface area contributed by atoms with Crippen LogP contribution in [0, 0.1) is 5.92 Å². The van der Waals surface area contributed by atoms with Crippen LogP contribution in [-0.2, 0) is 16.0 Å². The number of aliphatic imine (C=N–C) groups is 1. The average molecular weight is 565 g/mol. The predicted octanol–water partition coefficient (Wildman–Crippen LogP) is 0.412. The molecule has 2 aromatic carbocycles. The first-order valence-corrected chi connectivity index (χ1v) is 12.2. The van der Waals surface area contributed by atoms with E-state index in [0.29, 0.717) is 31.8 Å². The van der Waals surface area contributed by atoms with Gasteiger partial charge in [0.1, 0.15) is 6.04 Å². The van der Waals surface area contributed by atoms with E-state index in [2.05, 4.69) is 29.5 Å². The maximum Gasteiger partial charge on any atom is 1.00 e. The summed E-state index contributed by atoms with van der Waals surface area (Å²) in [4.78, 5) is 29.4. The molecule has 0 saturated heterocycles. The summed E-state index contributed by atoms with van der Waals surface area (Å²) >= 11 is 0. The number of carbonyl (C=O) groups is 2. The van der Waals surface area contributed by atoms with Crippen LogP contribution in [0.4, 0.5) is 0 Å². The average Bonchev–Trinajstić information content (AvgIpc) is 2.84. The SMILES string of the molecule is CC(C)CCCNC(=O)[C@@H](CCCN=C(N)N)NC(=O)[C@H]([NH-])Cc1ccc(-c2ccccc2)cc1.[Rb+]. The fraction of sp³-hybridized carbons (Fsp3) is 0.444. The van der Waals surface area contributed by atoms with E-state index in [-0.39, 0.29) is 76.5 Å². The second kappa shape index (κ2) is 17.8. The quantitative estimate of drug-likeness (QED) is 0.149. The Morgan fingerprint density at radius 1 is 0.917 bits per heavy atom. The minimum Gasteiger partial charge on any atom is -0.667 e. The van der Waals surface area contributed by atoms with Crippen LogP contribution in [0.2, 0.25) is 0 Å². The molecule has 7 N–H and O–H groups in total. The van der Waals surface area contributed by atoms with Gasteiger partial charge in [0.05, 0.1) is 0 Å². The minimum absolute atomic E-state index is 0. The normalized spacial score (nSPS) is 12.2. The Bertz CT molecular complexity index is 946. The third-order valence-corrected chi connectivity index (χ3v) is 5.65. The van der Waals surface area contributed by atoms with E-state index in [9.17, 15) is 9.59 Å². The van der Waals surface area contributed by atoms with Crippen molar-refractivity contribution in [2.75, 3.05) is 13.1 Å². The molecule has 2 aromatic rings. The molecule has 0 aromatic heterocycles. The molecular weight excluding hydrogens is 526 g/mol. The van der Waals surface area contributed by atoms with Crippen molar-refractivity contribution in [2.24, 2.45) is 22.4 Å². The number of nitrogens with two attached hydrogens (primary N) is 2. The Morgan fingerprint density at radius 3 is 2.17 bits per heavy atom. The van der Waals surface area contributed by atoms with Crippen molar-refractivity contribution >= 4 is 17.8 Å². The summed E-state index contributed by atoms with van der Waals surface area (Å²) in [6, 6.07) is 16.1. The number of guanidine groups is 1. The number of hydrogen-bond donors (Lipinski definition) is 4. The van der Waals surface area contributed by atoms with E-state index < -0.39 is 18.0 Å². The molecule has 36 heavy (non-hydrogen) atoms. The zero-order valence-corrected chi connectivity index (χ0v) is 26.7. The molecule has 0 aliphatic carbocycles. The summed E-state index contributed by atoms with van der Waals surface area (Å²) in [6.45, 7) is 5.19. The van der Waals surface area contributed by atoms with Crippen LogP contribution in [0.15, 0.2) is 59.6 Å². The van der Waals surface area contributed by atoms with Crippen LogP contribution >= 0.6 is 0 Å². The second-order valence-corrected chi connectivity index (χ2v) is 9.16. The van der Waals surface area contributed by atoms with Gasteiger partial charge < -0.3 is 27.8 Å². The number of rotatable bonds is 14. The van der Waals surface area contributed by atoms with Gasteiger partial charge in [0.25, 0.3) is 0 Å². The van der Waals surface area contributed by atoms with Gasteiger partial charge in [0.15, 0.2) is 5.96 Å². The van der Waals surface area contributed by atoms with Gasteiger partial charge in [-0.05, 0) is 54.7 Å². The van der Waals surface area contributed by atoms with Gasteiger partial charge in [-0.25, -0.2) is 0 Å². The first-order chi connectivity index (χ1) is 16.8. The first kappa shape index (κ1) is 32.4. The van der Waals surface area contributed by atoms with Gasteiger partial charge >= 0.3 is 58.2 Å².